The van der Waals surface area contributed by atoms with Gasteiger partial charge in [-0.2, -0.15) is 0 Å². The number of fused-ring (bicyclic) bond motifs is 1. The Morgan fingerprint density at radius 3 is 3.00 bits per heavy atom. The van der Waals surface area contributed by atoms with Crippen LogP contribution in [0.25, 0.3) is 0 Å². The van der Waals surface area contributed by atoms with Crippen molar-refractivity contribution in [3.05, 3.63) is 41.5 Å². The van der Waals surface area contributed by atoms with Crippen LogP contribution >= 0.6 is 0 Å². The summed E-state index contributed by atoms with van der Waals surface area (Å²) in [6, 6.07) is 5.76. The van der Waals surface area contributed by atoms with E-state index in [9.17, 15) is 4.79 Å². The maximum atomic E-state index is 12.0. The number of ether oxygens (including phenoxy) is 1. The zero-order valence-corrected chi connectivity index (χ0v) is 9.53. The maximum Gasteiger partial charge on any atom is 0.166 e. The summed E-state index contributed by atoms with van der Waals surface area (Å²) in [5.41, 5.74) is 1.77. The molecule has 1 heterocycles. The molecular formula is C14H16O2. The lowest BCUT2D eigenvalue weighted by Gasteiger charge is -2.13. The smallest absolute Gasteiger partial charge is 0.166 e. The van der Waals surface area contributed by atoms with Crippen molar-refractivity contribution in [2.75, 3.05) is 6.61 Å². The van der Waals surface area contributed by atoms with Gasteiger partial charge in [0.1, 0.15) is 12.4 Å². The van der Waals surface area contributed by atoms with Gasteiger partial charge in [0.25, 0.3) is 0 Å². The minimum atomic E-state index is 0.198. The lowest BCUT2D eigenvalue weighted by molar-refractivity contribution is 0.0976. The predicted molar refractivity (Wildman–Crippen MR) is 64.0 cm³/mol. The van der Waals surface area contributed by atoms with Gasteiger partial charge in [-0.3, -0.25) is 4.79 Å². The van der Waals surface area contributed by atoms with Crippen LogP contribution in [0.2, 0.25) is 0 Å². The third kappa shape index (κ3) is 2.32. The van der Waals surface area contributed by atoms with Crippen molar-refractivity contribution >= 4 is 5.78 Å². The van der Waals surface area contributed by atoms with Gasteiger partial charge in [-0.15, -0.1) is 0 Å². The fourth-order valence-corrected chi connectivity index (χ4v) is 1.95. The largest absolute Gasteiger partial charge is 0.489 e. The first-order chi connectivity index (χ1) is 7.79. The van der Waals surface area contributed by atoms with Gasteiger partial charge in [-0.1, -0.05) is 24.3 Å². The summed E-state index contributed by atoms with van der Waals surface area (Å²) in [6.45, 7) is 2.51. The number of allylic oxidation sites excluding steroid dienone is 1. The van der Waals surface area contributed by atoms with E-state index >= 15 is 0 Å². The van der Waals surface area contributed by atoms with Crippen LogP contribution in [0, 0.1) is 6.92 Å². The van der Waals surface area contributed by atoms with E-state index in [4.69, 9.17) is 4.74 Å². The number of carbonyl (C=O) groups is 1. The Morgan fingerprint density at radius 1 is 1.25 bits per heavy atom. The van der Waals surface area contributed by atoms with Gasteiger partial charge in [0.05, 0.1) is 5.56 Å². The van der Waals surface area contributed by atoms with Gasteiger partial charge in [0.15, 0.2) is 5.78 Å². The van der Waals surface area contributed by atoms with Gasteiger partial charge in [0, 0.05) is 6.42 Å². The van der Waals surface area contributed by atoms with Crippen molar-refractivity contribution in [2.24, 2.45) is 0 Å². The van der Waals surface area contributed by atoms with Crippen molar-refractivity contribution in [1.82, 2.24) is 0 Å². The summed E-state index contributed by atoms with van der Waals surface area (Å²) in [5, 5.41) is 0. The van der Waals surface area contributed by atoms with Crippen molar-refractivity contribution in [3.63, 3.8) is 0 Å². The number of ketones is 1. The molecule has 84 valence electrons. The highest BCUT2D eigenvalue weighted by molar-refractivity contribution is 6.00. The number of aryl methyl sites for hydroxylation is 1. The topological polar surface area (TPSA) is 26.3 Å². The van der Waals surface area contributed by atoms with E-state index < -0.39 is 0 Å². The second kappa shape index (κ2) is 4.97. The van der Waals surface area contributed by atoms with Gasteiger partial charge in [0.2, 0.25) is 0 Å². The Hall–Kier alpha value is -1.57. The first-order valence-corrected chi connectivity index (χ1v) is 5.69. The average Bonchev–Trinajstić information content (AvgIpc) is 2.27. The quantitative estimate of drug-likeness (QED) is 0.622. The molecular weight excluding hydrogens is 200 g/mol. The van der Waals surface area contributed by atoms with Gasteiger partial charge < -0.3 is 4.74 Å². The summed E-state index contributed by atoms with van der Waals surface area (Å²) in [6.07, 6.45) is 6.57. The molecule has 0 aliphatic carbocycles. The number of Topliss-reactive ketones (excluding diaryl/α,β-unsaturated/α-hetero) is 1. The highest BCUT2D eigenvalue weighted by Crippen LogP contribution is 2.25. The molecule has 16 heavy (non-hydrogen) atoms. The number of rotatable bonds is 0. The van der Waals surface area contributed by atoms with E-state index in [1.807, 2.05) is 31.2 Å². The second-order valence-corrected chi connectivity index (χ2v) is 4.05. The lowest BCUT2D eigenvalue weighted by atomic mass is 9.99. The van der Waals surface area contributed by atoms with E-state index in [2.05, 4.69) is 6.08 Å². The molecule has 0 saturated heterocycles. The molecule has 0 amide bonds. The van der Waals surface area contributed by atoms with E-state index in [-0.39, 0.29) is 5.78 Å². The molecule has 0 fully saturated rings. The molecule has 2 nitrogen and oxygen atoms in total. The van der Waals surface area contributed by atoms with Crippen molar-refractivity contribution < 1.29 is 9.53 Å². The zero-order chi connectivity index (χ0) is 11.4. The number of carbonyl (C=O) groups excluding carboxylic acids is 1. The molecule has 1 aliphatic heterocycles. The Labute approximate surface area is 95.9 Å². The molecule has 0 saturated carbocycles. The molecule has 0 N–H and O–H groups in total. The minimum absolute atomic E-state index is 0.198. The molecule has 0 aromatic heterocycles. The molecule has 0 unspecified atom stereocenters. The average molecular weight is 216 g/mol. The number of hydrogen-bond donors (Lipinski definition) is 0. The summed E-state index contributed by atoms with van der Waals surface area (Å²) < 4.78 is 5.61. The van der Waals surface area contributed by atoms with Crippen molar-refractivity contribution in [1.29, 1.82) is 0 Å². The lowest BCUT2D eigenvalue weighted by Crippen LogP contribution is -2.07. The third-order valence-corrected chi connectivity index (χ3v) is 2.79. The second-order valence-electron chi connectivity index (χ2n) is 4.05. The molecule has 0 radical (unpaired) electrons. The summed E-state index contributed by atoms with van der Waals surface area (Å²) in [4.78, 5) is 12.0. The zero-order valence-electron chi connectivity index (χ0n) is 9.53. The summed E-state index contributed by atoms with van der Waals surface area (Å²) in [7, 11) is 0. The molecule has 0 atom stereocenters. The van der Waals surface area contributed by atoms with Crippen LogP contribution in [-0.4, -0.2) is 12.4 Å². The monoisotopic (exact) mass is 216 g/mol. The standard InChI is InChI=1S/C14H16O2/c1-11-7-6-9-13-14(11)12(15)8-4-2-3-5-10-16-13/h3,5-7,9H,2,4,8,10H2,1H3/b5-3-. The molecule has 2 rings (SSSR count). The first kappa shape index (κ1) is 10.9. The highest BCUT2D eigenvalue weighted by atomic mass is 16.5. The van der Waals surface area contributed by atoms with Crippen LogP contribution in [0.1, 0.15) is 35.2 Å². The summed E-state index contributed by atoms with van der Waals surface area (Å²) in [5.74, 6) is 0.917. The molecule has 2 heteroatoms. The molecule has 0 spiro atoms. The van der Waals surface area contributed by atoms with Crippen molar-refractivity contribution in [3.8, 4) is 5.75 Å². The van der Waals surface area contributed by atoms with Crippen LogP contribution in [0.5, 0.6) is 5.75 Å². The van der Waals surface area contributed by atoms with Crippen molar-refractivity contribution in [2.45, 2.75) is 26.2 Å². The predicted octanol–water partition coefficient (Wildman–Crippen LogP) is 3.30. The fraction of sp³-hybridized carbons (Fsp3) is 0.357. The molecule has 0 bridgehead atoms. The molecule has 1 aromatic rings. The molecule has 1 aliphatic rings. The minimum Gasteiger partial charge on any atom is -0.489 e. The van der Waals surface area contributed by atoms with E-state index in [0.717, 1.165) is 29.7 Å². The highest BCUT2D eigenvalue weighted by Gasteiger charge is 2.15. The van der Waals surface area contributed by atoms with Crippen LogP contribution in [0.3, 0.4) is 0 Å². The summed E-state index contributed by atoms with van der Waals surface area (Å²) >= 11 is 0. The van der Waals surface area contributed by atoms with E-state index in [1.165, 1.54) is 0 Å². The van der Waals surface area contributed by atoms with Gasteiger partial charge >= 0.3 is 0 Å². The Bertz CT molecular complexity index is 419. The fourth-order valence-electron chi connectivity index (χ4n) is 1.95. The van der Waals surface area contributed by atoms with Crippen LogP contribution in [0.4, 0.5) is 0 Å². The van der Waals surface area contributed by atoms with Crippen LogP contribution < -0.4 is 4.74 Å². The number of hydrogen-bond acceptors (Lipinski definition) is 2. The molecule has 1 aromatic carbocycles. The van der Waals surface area contributed by atoms with Crippen LogP contribution in [-0.2, 0) is 0 Å². The van der Waals surface area contributed by atoms with Gasteiger partial charge in [-0.25, -0.2) is 0 Å². The first-order valence-electron chi connectivity index (χ1n) is 5.69. The SMILES string of the molecule is Cc1cccc2c1C(=O)CCC/C=C\CO2. The maximum absolute atomic E-state index is 12.0. The van der Waals surface area contributed by atoms with E-state index in [0.29, 0.717) is 13.0 Å². The van der Waals surface area contributed by atoms with Gasteiger partial charge in [-0.05, 0) is 31.4 Å². The normalized spacial score (nSPS) is 18.4. The Balaban J connectivity index is 2.38. The Morgan fingerprint density at radius 2 is 2.12 bits per heavy atom. The number of benzene rings is 1. The Kier molecular flexibility index (Phi) is 3.40. The van der Waals surface area contributed by atoms with Crippen LogP contribution in [0.15, 0.2) is 30.4 Å². The van der Waals surface area contributed by atoms with E-state index in [1.54, 1.807) is 0 Å². The third-order valence-electron chi connectivity index (χ3n) is 2.79.